The molecule has 0 amide bonds. The summed E-state index contributed by atoms with van der Waals surface area (Å²) in [6.45, 7) is 37.3. The Morgan fingerprint density at radius 3 is 1.61 bits per heavy atom. The summed E-state index contributed by atoms with van der Waals surface area (Å²) in [5.74, 6) is 0.543. The van der Waals surface area contributed by atoms with E-state index < -0.39 is 25.8 Å². The molecule has 2 fully saturated rings. The Kier molecular flexibility index (Phi) is 9.44. The van der Waals surface area contributed by atoms with Gasteiger partial charge in [0.05, 0.1) is 0 Å². The van der Waals surface area contributed by atoms with Crippen LogP contribution in [-0.4, -0.2) is 5.43 Å². The molecule has 0 aromatic carbocycles. The van der Waals surface area contributed by atoms with Crippen LogP contribution in [0.3, 0.4) is 0 Å². The van der Waals surface area contributed by atoms with Crippen molar-refractivity contribution in [1.29, 1.82) is 0 Å². The Morgan fingerprint density at radius 2 is 1.13 bits per heavy atom. The first-order valence-electron chi connectivity index (χ1n) is 17.4. The molecule has 0 aromatic heterocycles. The summed E-state index contributed by atoms with van der Waals surface area (Å²) in [4.78, 5) is 0. The normalized spacial score (nSPS) is 44.5. The first kappa shape index (κ1) is 38.4. The van der Waals surface area contributed by atoms with Crippen molar-refractivity contribution in [2.45, 2.75) is 117 Å². The molecule has 0 radical (unpaired) electrons. The molecule has 0 spiro atoms. The fourth-order valence-electron chi connectivity index (χ4n) is 13.3. The van der Waals surface area contributed by atoms with Crippen LogP contribution in [0.1, 0.15) is 103 Å². The van der Waals surface area contributed by atoms with Crippen molar-refractivity contribution < 1.29 is 45.2 Å². The summed E-state index contributed by atoms with van der Waals surface area (Å²) in [6, 6.07) is 0. The van der Waals surface area contributed by atoms with Gasteiger partial charge in [-0.25, -0.2) is 0 Å². The topological polar surface area (TPSA) is 0 Å². The van der Waals surface area contributed by atoms with Crippen LogP contribution in [0.5, 0.6) is 0 Å². The second-order valence-corrected chi connectivity index (χ2v) is 34.4. The van der Waals surface area contributed by atoms with Crippen LogP contribution in [0.25, 0.3) is 0 Å². The average Bonchev–Trinajstić information content (AvgIpc) is 3.50. The van der Waals surface area contributed by atoms with E-state index in [0.717, 1.165) is 0 Å². The Morgan fingerprint density at radius 1 is 0.652 bits per heavy atom. The molecule has 250 valence electrons. The van der Waals surface area contributed by atoms with Crippen molar-refractivity contribution in [3.63, 3.8) is 0 Å². The van der Waals surface area contributed by atoms with Gasteiger partial charge in [0.1, 0.15) is 0 Å². The number of hydrogen-bond acceptors (Lipinski definition) is 0. The van der Waals surface area contributed by atoms with Gasteiger partial charge in [0, 0.05) is 0 Å². The minimum Gasteiger partial charge on any atom is -1.00 e. The molecule has 6 rings (SSSR count). The minimum absolute atomic E-state index is 0. The third-order valence-corrected chi connectivity index (χ3v) is 44.5. The van der Waals surface area contributed by atoms with Gasteiger partial charge in [-0.2, -0.15) is 0 Å². The fraction of sp³-hybridized carbons (Fsp3) is 0.619. The molecular formula is C42H60Cl2SiZr. The van der Waals surface area contributed by atoms with Crippen molar-refractivity contribution in [2.24, 2.45) is 43.8 Å². The van der Waals surface area contributed by atoms with E-state index in [1.807, 2.05) is 3.28 Å². The summed E-state index contributed by atoms with van der Waals surface area (Å²) < 4.78 is 2.60. The Hall–Kier alpha value is -0.400. The average molecular weight is 755 g/mol. The van der Waals surface area contributed by atoms with Crippen molar-refractivity contribution in [1.82, 2.24) is 0 Å². The molecule has 0 bridgehead atoms. The Bertz CT molecular complexity index is 1570. The van der Waals surface area contributed by atoms with Gasteiger partial charge in [-0.3, -0.25) is 0 Å². The van der Waals surface area contributed by atoms with Gasteiger partial charge in [-0.05, 0) is 0 Å². The number of halogens is 2. The third kappa shape index (κ3) is 4.06. The molecule has 46 heavy (non-hydrogen) atoms. The van der Waals surface area contributed by atoms with Gasteiger partial charge < -0.3 is 24.8 Å². The Balaban J connectivity index is 0.00000240. The second-order valence-electron chi connectivity index (χ2n) is 18.6. The number of fused-ring (bicyclic) bond motifs is 8. The molecule has 0 heterocycles. The molecule has 0 aromatic rings. The predicted octanol–water partition coefficient (Wildman–Crippen LogP) is 6.29. The van der Waals surface area contributed by atoms with Crippen molar-refractivity contribution in [3.8, 4) is 0 Å². The number of hydrogen-bond donors (Lipinski definition) is 0. The van der Waals surface area contributed by atoms with Gasteiger partial charge in [0.2, 0.25) is 0 Å². The summed E-state index contributed by atoms with van der Waals surface area (Å²) in [6.07, 6.45) is 36.7. The largest absolute Gasteiger partial charge is 1.00 e. The van der Waals surface area contributed by atoms with Gasteiger partial charge in [-0.15, -0.1) is 0 Å². The number of allylic oxidation sites excluding steroid dienone is 16. The fourth-order valence-corrected chi connectivity index (χ4v) is 45.6. The minimum atomic E-state index is -2.49. The smallest absolute Gasteiger partial charge is 1.00 e. The molecule has 4 heteroatoms. The third-order valence-electron chi connectivity index (χ3n) is 15.7. The van der Waals surface area contributed by atoms with Crippen molar-refractivity contribution in [2.75, 3.05) is 0 Å². The zero-order chi connectivity index (χ0) is 32.6. The SMILES string of the molecule is CC1=CC=CC2[CH]([Zr+2]([C]3=CC=CC3)=[Si](C(C)(C)C)C(C)(C)C)C3(C)C4(C)C=CC=CC4(C)C4(C)C=CC=CC4(C)C3(C)C12C.[Cl-].[Cl-]. The molecule has 9 unspecified atom stereocenters. The molecule has 0 saturated heterocycles. The first-order valence-corrected chi connectivity index (χ1v) is 25.2. The zero-order valence-electron chi connectivity index (χ0n) is 31.2. The quantitative estimate of drug-likeness (QED) is 0.291. The molecule has 6 aliphatic carbocycles. The van der Waals surface area contributed by atoms with E-state index in [-0.39, 0.29) is 62.7 Å². The van der Waals surface area contributed by atoms with Crippen LogP contribution >= 0.6 is 0 Å². The van der Waals surface area contributed by atoms with Crippen LogP contribution in [0.4, 0.5) is 0 Å². The maximum Gasteiger partial charge on any atom is -1.00 e. The maximum atomic E-state index is 2.86. The van der Waals surface area contributed by atoms with Crippen LogP contribution in [-0.2, 0) is 20.4 Å². The maximum absolute atomic E-state index is 2.86. The molecule has 6 aliphatic rings. The van der Waals surface area contributed by atoms with Crippen molar-refractivity contribution >= 4 is 5.43 Å². The second kappa shape index (κ2) is 11.3. The van der Waals surface area contributed by atoms with Crippen molar-refractivity contribution in [3.05, 3.63) is 93.9 Å². The van der Waals surface area contributed by atoms with E-state index >= 15 is 0 Å². The van der Waals surface area contributed by atoms with E-state index in [2.05, 4.69) is 182 Å². The monoisotopic (exact) mass is 752 g/mol. The molecule has 0 N–H and O–H groups in total. The van der Waals surface area contributed by atoms with E-state index in [1.165, 1.54) is 6.42 Å². The van der Waals surface area contributed by atoms with Crippen LogP contribution in [0, 0.1) is 43.8 Å². The van der Waals surface area contributed by atoms with Gasteiger partial charge in [0.15, 0.2) is 0 Å². The summed E-state index contributed by atoms with van der Waals surface area (Å²) in [7, 11) is 0. The first-order chi connectivity index (χ1) is 20.2. The Labute approximate surface area is 303 Å². The molecule has 9 atom stereocenters. The zero-order valence-corrected chi connectivity index (χ0v) is 36.2. The van der Waals surface area contributed by atoms with E-state index in [0.29, 0.717) is 19.6 Å². The summed E-state index contributed by atoms with van der Waals surface area (Å²) in [5, 5.41) is 0.673. The predicted molar refractivity (Wildman–Crippen MR) is 190 cm³/mol. The summed E-state index contributed by atoms with van der Waals surface area (Å²) >= 11 is -2.49. The van der Waals surface area contributed by atoms with Crippen LogP contribution in [0.15, 0.2) is 93.9 Å². The van der Waals surface area contributed by atoms with Gasteiger partial charge >= 0.3 is 281 Å². The van der Waals surface area contributed by atoms with Gasteiger partial charge in [-0.1, -0.05) is 0 Å². The molecule has 0 nitrogen and oxygen atoms in total. The standard InChI is InChI=1S/C29H37.C8H18Si.C5H5.2ClH.Zr/c1-21-14-13-15-22-20-27(6)25(4)18-10-9-16-23(25,2)24(3)17-11-12-19-26(24,5)29(27,8)28(21,22)7;1-7(2,3)9-8(4,5)6;1-2-4-5-3-1;;;/h9-20,22H,1-8H3;1-6H3;1-3H,4H2;2*1H;/q;;;;;+2/p-2. The molecule has 0 aliphatic heterocycles. The molecular weight excluding hydrogens is 695 g/mol. The number of rotatable bonds is 2. The van der Waals surface area contributed by atoms with E-state index in [9.17, 15) is 0 Å². The van der Waals surface area contributed by atoms with E-state index in [4.69, 9.17) is 0 Å². The van der Waals surface area contributed by atoms with Gasteiger partial charge in [0.25, 0.3) is 0 Å². The van der Waals surface area contributed by atoms with Crippen LogP contribution in [0.2, 0.25) is 13.7 Å². The summed E-state index contributed by atoms with van der Waals surface area (Å²) in [5.41, 5.74) is 0.825. The van der Waals surface area contributed by atoms with E-state index in [1.54, 1.807) is 5.57 Å². The molecule has 2 saturated carbocycles. The van der Waals surface area contributed by atoms with Crippen LogP contribution < -0.4 is 24.8 Å².